The van der Waals surface area contributed by atoms with Gasteiger partial charge in [0.1, 0.15) is 0 Å². The molecule has 16 heavy (non-hydrogen) atoms. The predicted octanol–water partition coefficient (Wildman–Crippen LogP) is 3.24. The van der Waals surface area contributed by atoms with Crippen LogP contribution in [0.3, 0.4) is 0 Å². The molecule has 0 radical (unpaired) electrons. The third kappa shape index (κ3) is 7.48. The van der Waals surface area contributed by atoms with E-state index in [0.717, 1.165) is 0 Å². The molecule has 0 unspecified atom stereocenters. The van der Waals surface area contributed by atoms with Crippen LogP contribution in [0, 0.1) is 0 Å². The maximum atomic E-state index is 12.9. The molecule has 0 bridgehead atoms. The fourth-order valence-corrected chi connectivity index (χ4v) is 3.30. The molecule has 0 aliphatic heterocycles. The van der Waals surface area contributed by atoms with Gasteiger partial charge >= 0.3 is 97.6 Å². The van der Waals surface area contributed by atoms with Crippen molar-refractivity contribution < 1.29 is 28.1 Å². The molecule has 0 saturated heterocycles. The van der Waals surface area contributed by atoms with E-state index in [4.69, 9.17) is 0 Å². The molecule has 0 rings (SSSR count). The molecular weight excluding hydrogens is 342 g/mol. The Kier molecular flexibility index (Phi) is 6.92. The van der Waals surface area contributed by atoms with Crippen molar-refractivity contribution in [3.8, 4) is 0 Å². The quantitative estimate of drug-likeness (QED) is 0.398. The average molecular weight is 355 g/mol. The fraction of sp³-hybridized carbons (Fsp3) is 1.00. The fourth-order valence-electron chi connectivity index (χ4n) is 0.816. The second-order valence-electron chi connectivity index (χ2n) is 3.31. The van der Waals surface area contributed by atoms with Crippen molar-refractivity contribution in [2.75, 3.05) is 6.61 Å². The molecule has 0 spiro atoms. The third-order valence-corrected chi connectivity index (χ3v) is 5.50. The first kappa shape index (κ1) is 16.2. The van der Waals surface area contributed by atoms with E-state index in [1.807, 2.05) is 0 Å². The van der Waals surface area contributed by atoms with Crippen LogP contribution in [0.15, 0.2) is 0 Å². The van der Waals surface area contributed by atoms with Gasteiger partial charge in [-0.3, -0.25) is 0 Å². The van der Waals surface area contributed by atoms with Crippen molar-refractivity contribution in [1.29, 1.82) is 0 Å². The van der Waals surface area contributed by atoms with Gasteiger partial charge in [0.15, 0.2) is 0 Å². The number of rotatable bonds is 7. The van der Waals surface area contributed by atoms with Gasteiger partial charge in [0.2, 0.25) is 0 Å². The van der Waals surface area contributed by atoms with Crippen molar-refractivity contribution in [3.05, 3.63) is 0 Å². The summed E-state index contributed by atoms with van der Waals surface area (Å²) in [6, 6.07) is 0. The van der Waals surface area contributed by atoms with Crippen molar-refractivity contribution in [2.24, 2.45) is 0 Å². The summed E-state index contributed by atoms with van der Waals surface area (Å²) in [5.41, 5.74) is 0. The second-order valence-corrected chi connectivity index (χ2v) is 7.86. The first-order valence-corrected chi connectivity index (χ1v) is 8.56. The Morgan fingerprint density at radius 1 is 1.12 bits per heavy atom. The van der Waals surface area contributed by atoms with Gasteiger partial charge in [-0.15, -0.1) is 0 Å². The van der Waals surface area contributed by atoms with Crippen LogP contribution in [0.5, 0.6) is 0 Å². The zero-order valence-electron chi connectivity index (χ0n) is 8.74. The van der Waals surface area contributed by atoms with E-state index < -0.39 is 43.1 Å². The zero-order chi connectivity index (χ0) is 12.8. The Morgan fingerprint density at radius 3 is 2.12 bits per heavy atom. The minimum absolute atomic E-state index is 0.0730. The molecule has 0 aliphatic carbocycles. The van der Waals surface area contributed by atoms with Crippen molar-refractivity contribution in [1.82, 2.24) is 0 Å². The molecule has 0 aromatic heterocycles. The second kappa shape index (κ2) is 6.83. The number of hydrogen-bond acceptors (Lipinski definition) is 2. The summed E-state index contributed by atoms with van der Waals surface area (Å²) in [5.74, 6) is 0. The van der Waals surface area contributed by atoms with Gasteiger partial charge in [0.25, 0.3) is 0 Å². The Balaban J connectivity index is 4.05. The molecule has 8 heteroatoms. The molecule has 2 nitrogen and oxygen atoms in total. The first-order valence-electron chi connectivity index (χ1n) is 4.81. The summed E-state index contributed by atoms with van der Waals surface area (Å²) in [5, 5.41) is 0. The van der Waals surface area contributed by atoms with E-state index in [0.29, 0.717) is 12.8 Å². The summed E-state index contributed by atoms with van der Waals surface area (Å²) in [4.78, 5) is 0. The maximum absolute atomic E-state index is 12.9. The van der Waals surface area contributed by atoms with Crippen LogP contribution in [0.1, 0.15) is 32.6 Å². The Labute approximate surface area is 97.8 Å². The molecule has 0 aromatic carbocycles. The normalized spacial score (nSPS) is 12.9. The van der Waals surface area contributed by atoms with Gasteiger partial charge in [0.05, 0.1) is 0 Å². The Bertz CT molecular complexity index is 229. The van der Waals surface area contributed by atoms with E-state index in [1.165, 1.54) is 0 Å². The third-order valence-electron chi connectivity index (χ3n) is 1.75. The molecule has 0 N–H and O–H groups in total. The van der Waals surface area contributed by atoms with Gasteiger partial charge in [0, 0.05) is 0 Å². The summed E-state index contributed by atoms with van der Waals surface area (Å²) in [6.45, 7) is 1.72. The molecule has 0 aromatic rings. The summed E-state index contributed by atoms with van der Waals surface area (Å²) < 4.78 is 72.6. The molecule has 0 amide bonds. The van der Waals surface area contributed by atoms with Crippen LogP contribution in [-0.2, 0) is 6.15 Å². The van der Waals surface area contributed by atoms with Crippen LogP contribution in [0.4, 0.5) is 22.0 Å². The number of halogens is 5. The van der Waals surface area contributed by atoms with E-state index in [9.17, 15) is 25.0 Å². The number of alkyl halides is 5. The monoisotopic (exact) mass is 356 g/mol. The molecule has 0 aliphatic rings. The van der Waals surface area contributed by atoms with Crippen LogP contribution < -0.4 is 0 Å². The van der Waals surface area contributed by atoms with Gasteiger partial charge in [-0.1, -0.05) is 0 Å². The zero-order valence-corrected chi connectivity index (χ0v) is 11.6. The van der Waals surface area contributed by atoms with Gasteiger partial charge in [-0.05, 0) is 0 Å². The molecule has 96 valence electrons. The van der Waals surface area contributed by atoms with Crippen molar-refractivity contribution in [2.45, 2.75) is 42.7 Å². The topological polar surface area (TPSA) is 26.3 Å². The molecule has 0 fully saturated rings. The van der Waals surface area contributed by atoms with Crippen LogP contribution >= 0.6 is 0 Å². The van der Waals surface area contributed by atoms with Gasteiger partial charge < -0.3 is 0 Å². The molecule has 0 saturated carbocycles. The molecular formula is C8H13F5O2Sn. The summed E-state index contributed by atoms with van der Waals surface area (Å²) in [7, 11) is 0. The standard InChI is InChI=1S/C4H4F5.C4H9O.O.Sn/c5-3(6)1-2-4(7,8)9;1-2-3-4-5;;/h1-2H2;2-4H2,1H3;;/q;-1;;+1. The van der Waals surface area contributed by atoms with E-state index in [2.05, 4.69) is 3.07 Å². The minimum atomic E-state index is -4.70. The average Bonchev–Trinajstić information content (AvgIpc) is 2.14. The van der Waals surface area contributed by atoms with E-state index in [1.54, 1.807) is 6.92 Å². The van der Waals surface area contributed by atoms with Crippen LogP contribution in [0.2, 0.25) is 0 Å². The van der Waals surface area contributed by atoms with Crippen LogP contribution in [-0.4, -0.2) is 36.9 Å². The van der Waals surface area contributed by atoms with Gasteiger partial charge in [-0.25, -0.2) is 0 Å². The summed E-state index contributed by atoms with van der Waals surface area (Å²) >= 11 is -4.70. The number of unbranched alkanes of at least 4 members (excludes halogenated alkanes) is 1. The summed E-state index contributed by atoms with van der Waals surface area (Å²) in [6.07, 6.45) is -6.58. The van der Waals surface area contributed by atoms with E-state index >= 15 is 0 Å². The first-order chi connectivity index (χ1) is 7.19. The number of hydrogen-bond donors (Lipinski definition) is 0. The molecule has 0 heterocycles. The predicted molar refractivity (Wildman–Crippen MR) is 47.5 cm³/mol. The van der Waals surface area contributed by atoms with Crippen LogP contribution in [0.25, 0.3) is 0 Å². The van der Waals surface area contributed by atoms with Gasteiger partial charge in [-0.2, -0.15) is 0 Å². The Morgan fingerprint density at radius 2 is 1.69 bits per heavy atom. The SMILES string of the molecule is CCCC[O][Sn](=[O])[C](F)(F)CCC(F)(F)F. The van der Waals surface area contributed by atoms with E-state index in [-0.39, 0.29) is 6.61 Å². The Hall–Kier alpha value is 0.209. The van der Waals surface area contributed by atoms with Crippen molar-refractivity contribution in [3.63, 3.8) is 0 Å². The molecule has 0 atom stereocenters. The van der Waals surface area contributed by atoms with Crippen molar-refractivity contribution >= 4 is 20.2 Å².